The van der Waals surface area contributed by atoms with Gasteiger partial charge >= 0.3 is 0 Å². The van der Waals surface area contributed by atoms with E-state index >= 15 is 0 Å². The van der Waals surface area contributed by atoms with E-state index in [1.807, 2.05) is 0 Å². The molecule has 0 spiro atoms. The highest BCUT2D eigenvalue weighted by atomic mass is 19.1. The number of carbonyl (C=O) groups is 1. The summed E-state index contributed by atoms with van der Waals surface area (Å²) in [4.78, 5) is 20.6. The van der Waals surface area contributed by atoms with Gasteiger partial charge in [0.25, 0.3) is 5.91 Å². The van der Waals surface area contributed by atoms with Crippen LogP contribution in [-0.4, -0.2) is 37.7 Å². The van der Waals surface area contributed by atoms with E-state index in [2.05, 4.69) is 15.3 Å². The summed E-state index contributed by atoms with van der Waals surface area (Å²) in [6.07, 6.45) is 2.43. The number of alkyl halides is 2. The van der Waals surface area contributed by atoms with E-state index in [0.717, 1.165) is 0 Å². The number of nitrogens with two attached hydrogens (primary N) is 1. The number of halogens is 3. The van der Waals surface area contributed by atoms with Crippen LogP contribution in [0.1, 0.15) is 34.9 Å². The molecule has 2 atom stereocenters. The number of amidine groups is 1. The molecular formula is C20H23F3N4O2. The number of pyridine rings is 1. The first-order valence-corrected chi connectivity index (χ1v) is 8.89. The molecule has 29 heavy (non-hydrogen) atoms. The SMILES string of the molecule is CF.COc1ccc(C(=O)Nc2ccc(F)c(C3CCC(CF)C(N)=N3)c2)nc1. The van der Waals surface area contributed by atoms with Gasteiger partial charge in [-0.15, -0.1) is 0 Å². The van der Waals surface area contributed by atoms with Crippen molar-refractivity contribution in [3.63, 3.8) is 0 Å². The Hall–Kier alpha value is -3.10. The monoisotopic (exact) mass is 408 g/mol. The number of ether oxygens (including phenoxy) is 1. The topological polar surface area (TPSA) is 89.6 Å². The summed E-state index contributed by atoms with van der Waals surface area (Å²) in [6.45, 7) is -0.574. The van der Waals surface area contributed by atoms with Gasteiger partial charge in [0.15, 0.2) is 0 Å². The molecule has 0 bridgehead atoms. The number of rotatable bonds is 5. The van der Waals surface area contributed by atoms with Crippen LogP contribution in [0.4, 0.5) is 18.9 Å². The smallest absolute Gasteiger partial charge is 0.274 e. The number of methoxy groups -OCH3 is 1. The Bertz CT molecular complexity index is 859. The Morgan fingerprint density at radius 2 is 2.03 bits per heavy atom. The van der Waals surface area contributed by atoms with Crippen LogP contribution < -0.4 is 15.8 Å². The van der Waals surface area contributed by atoms with Crippen molar-refractivity contribution in [2.45, 2.75) is 18.9 Å². The third-order valence-corrected chi connectivity index (χ3v) is 4.52. The van der Waals surface area contributed by atoms with Crippen molar-refractivity contribution in [3.8, 4) is 5.75 Å². The second kappa shape index (κ2) is 10.4. The number of amides is 1. The third kappa shape index (κ3) is 5.46. The molecule has 1 aromatic carbocycles. The fourth-order valence-corrected chi connectivity index (χ4v) is 2.95. The van der Waals surface area contributed by atoms with Gasteiger partial charge in [-0.2, -0.15) is 0 Å². The van der Waals surface area contributed by atoms with Gasteiger partial charge in [0.1, 0.15) is 23.1 Å². The van der Waals surface area contributed by atoms with E-state index < -0.39 is 30.4 Å². The summed E-state index contributed by atoms with van der Waals surface area (Å²) in [6, 6.07) is 6.90. The molecule has 1 aromatic heterocycles. The van der Waals surface area contributed by atoms with E-state index in [-0.39, 0.29) is 11.5 Å². The number of nitrogens with one attached hydrogen (secondary N) is 1. The maximum Gasteiger partial charge on any atom is 0.274 e. The summed E-state index contributed by atoms with van der Waals surface area (Å²) >= 11 is 0. The second-order valence-electron chi connectivity index (χ2n) is 6.27. The Labute approximate surface area is 167 Å². The number of hydrogen-bond acceptors (Lipinski definition) is 5. The molecule has 1 amide bonds. The zero-order valence-electron chi connectivity index (χ0n) is 16.2. The molecule has 0 aliphatic carbocycles. The van der Waals surface area contributed by atoms with E-state index in [1.54, 1.807) is 6.07 Å². The number of hydrogen-bond donors (Lipinski definition) is 2. The summed E-state index contributed by atoms with van der Waals surface area (Å²) in [5, 5.41) is 2.68. The molecule has 0 saturated carbocycles. The first-order chi connectivity index (χ1) is 14.0. The average Bonchev–Trinajstić information content (AvgIpc) is 2.76. The largest absolute Gasteiger partial charge is 0.495 e. The van der Waals surface area contributed by atoms with Crippen LogP contribution in [-0.2, 0) is 0 Å². The summed E-state index contributed by atoms with van der Waals surface area (Å²) < 4.78 is 41.6. The standard InChI is InChI=1S/C19H20F2N4O2.CH3F/c1-27-13-4-7-17(23-10-13)19(26)24-12-3-5-15(21)14(8-12)16-6-2-11(9-20)18(22)25-16;1-2/h3-5,7-8,10-11,16H,2,6,9H2,1H3,(H2,22,25)(H,24,26);1H3. The normalized spacial score (nSPS) is 18.2. The van der Waals surface area contributed by atoms with E-state index in [0.29, 0.717) is 37.0 Å². The molecule has 1 aliphatic rings. The minimum Gasteiger partial charge on any atom is -0.495 e. The number of anilines is 1. The van der Waals surface area contributed by atoms with Crippen LogP contribution in [0.15, 0.2) is 41.5 Å². The van der Waals surface area contributed by atoms with E-state index in [1.165, 1.54) is 37.6 Å². The van der Waals surface area contributed by atoms with Crippen LogP contribution in [0.3, 0.4) is 0 Å². The average molecular weight is 408 g/mol. The molecule has 2 heterocycles. The molecule has 0 saturated heterocycles. The van der Waals surface area contributed by atoms with Crippen LogP contribution in [0, 0.1) is 11.7 Å². The predicted molar refractivity (Wildman–Crippen MR) is 105 cm³/mol. The number of benzene rings is 1. The van der Waals surface area contributed by atoms with Gasteiger partial charge in [-0.3, -0.25) is 18.6 Å². The van der Waals surface area contributed by atoms with Gasteiger partial charge in [0.05, 0.1) is 33.2 Å². The minimum absolute atomic E-state index is 0.199. The lowest BCUT2D eigenvalue weighted by Crippen LogP contribution is -2.30. The lowest BCUT2D eigenvalue weighted by Gasteiger charge is -2.24. The van der Waals surface area contributed by atoms with Gasteiger partial charge in [-0.1, -0.05) is 0 Å². The molecular weight excluding hydrogens is 385 g/mol. The number of aromatic nitrogens is 1. The lowest BCUT2D eigenvalue weighted by molar-refractivity contribution is 0.102. The zero-order valence-corrected chi connectivity index (χ0v) is 16.2. The minimum atomic E-state index is -0.574. The van der Waals surface area contributed by atoms with Crippen molar-refractivity contribution in [1.29, 1.82) is 0 Å². The highest BCUT2D eigenvalue weighted by molar-refractivity contribution is 6.02. The number of aliphatic imine (C=N–C) groups is 1. The Morgan fingerprint density at radius 3 is 2.62 bits per heavy atom. The fourth-order valence-electron chi connectivity index (χ4n) is 2.95. The van der Waals surface area contributed by atoms with Crippen molar-refractivity contribution in [2.24, 2.45) is 16.6 Å². The highest BCUT2D eigenvalue weighted by Gasteiger charge is 2.25. The molecule has 2 unspecified atom stereocenters. The summed E-state index contributed by atoms with van der Waals surface area (Å²) in [7, 11) is 2.01. The molecule has 2 aromatic rings. The highest BCUT2D eigenvalue weighted by Crippen LogP contribution is 2.33. The third-order valence-electron chi connectivity index (χ3n) is 4.52. The van der Waals surface area contributed by atoms with Gasteiger partial charge in [-0.05, 0) is 43.2 Å². The molecule has 0 fully saturated rings. The van der Waals surface area contributed by atoms with Crippen LogP contribution in [0.5, 0.6) is 5.75 Å². The van der Waals surface area contributed by atoms with E-state index in [4.69, 9.17) is 10.5 Å². The van der Waals surface area contributed by atoms with Crippen molar-refractivity contribution >= 4 is 17.4 Å². The van der Waals surface area contributed by atoms with Crippen LogP contribution in [0.2, 0.25) is 0 Å². The quantitative estimate of drug-likeness (QED) is 0.787. The van der Waals surface area contributed by atoms with Crippen LogP contribution >= 0.6 is 0 Å². The molecule has 1 aliphatic heterocycles. The molecule has 3 N–H and O–H groups in total. The predicted octanol–water partition coefficient (Wildman–Crippen LogP) is 3.85. The fraction of sp³-hybridized carbons (Fsp3) is 0.350. The first kappa shape index (κ1) is 22.2. The molecule has 3 rings (SSSR count). The van der Waals surface area contributed by atoms with Crippen molar-refractivity contribution in [2.75, 3.05) is 26.3 Å². The zero-order chi connectivity index (χ0) is 21.4. The Morgan fingerprint density at radius 1 is 1.28 bits per heavy atom. The van der Waals surface area contributed by atoms with Crippen LogP contribution in [0.25, 0.3) is 0 Å². The Kier molecular flexibility index (Phi) is 7.99. The number of carbonyl (C=O) groups excluding carboxylic acids is 1. The maximum absolute atomic E-state index is 14.3. The molecule has 9 heteroatoms. The summed E-state index contributed by atoms with van der Waals surface area (Å²) in [5.74, 6) is -0.552. The van der Waals surface area contributed by atoms with Crippen molar-refractivity contribution in [3.05, 3.63) is 53.6 Å². The molecule has 156 valence electrons. The second-order valence-corrected chi connectivity index (χ2v) is 6.27. The first-order valence-electron chi connectivity index (χ1n) is 8.89. The van der Waals surface area contributed by atoms with Gasteiger partial charge in [0.2, 0.25) is 0 Å². The van der Waals surface area contributed by atoms with Crippen molar-refractivity contribution < 1.29 is 22.7 Å². The van der Waals surface area contributed by atoms with Crippen molar-refractivity contribution in [1.82, 2.24) is 4.98 Å². The molecule has 0 radical (unpaired) electrons. The lowest BCUT2D eigenvalue weighted by atomic mass is 9.92. The Balaban J connectivity index is 0.00000145. The van der Waals surface area contributed by atoms with Gasteiger partial charge < -0.3 is 15.8 Å². The van der Waals surface area contributed by atoms with Gasteiger partial charge in [0, 0.05) is 17.2 Å². The van der Waals surface area contributed by atoms with Gasteiger partial charge in [-0.25, -0.2) is 9.37 Å². The van der Waals surface area contributed by atoms with E-state index in [9.17, 15) is 18.0 Å². The molecule has 6 nitrogen and oxygen atoms in total. The summed E-state index contributed by atoms with van der Waals surface area (Å²) in [5.41, 5.74) is 6.71. The number of nitrogens with zero attached hydrogens (tertiary/aromatic N) is 2. The maximum atomic E-state index is 14.3.